The van der Waals surface area contributed by atoms with Crippen LogP contribution >= 0.6 is 15.9 Å². The third kappa shape index (κ3) is 3.58. The van der Waals surface area contributed by atoms with Gasteiger partial charge in [-0.25, -0.2) is 4.39 Å². The Bertz CT molecular complexity index is 588. The number of likely N-dealkylation sites (N-methyl/N-ethyl adjacent to an activating group) is 1. The molecule has 1 atom stereocenters. The summed E-state index contributed by atoms with van der Waals surface area (Å²) in [5, 5.41) is 3.26. The fourth-order valence-corrected chi connectivity index (χ4v) is 2.58. The van der Waals surface area contributed by atoms with Crippen LogP contribution in [0.1, 0.15) is 17.2 Å². The van der Waals surface area contributed by atoms with Gasteiger partial charge in [-0.2, -0.15) is 0 Å². The second-order valence-electron chi connectivity index (χ2n) is 4.56. The van der Waals surface area contributed by atoms with Gasteiger partial charge in [-0.3, -0.25) is 0 Å². The van der Waals surface area contributed by atoms with Gasteiger partial charge in [0.05, 0.1) is 7.11 Å². The second-order valence-corrected chi connectivity index (χ2v) is 5.48. The molecule has 0 aliphatic carbocycles. The molecule has 0 aromatic heterocycles. The van der Waals surface area contributed by atoms with E-state index in [0.717, 1.165) is 21.3 Å². The maximum Gasteiger partial charge on any atom is 0.124 e. The zero-order valence-corrected chi connectivity index (χ0v) is 13.1. The van der Waals surface area contributed by atoms with Gasteiger partial charge in [0, 0.05) is 16.1 Å². The van der Waals surface area contributed by atoms with Crippen LogP contribution in [-0.4, -0.2) is 14.2 Å². The van der Waals surface area contributed by atoms with Gasteiger partial charge in [0.25, 0.3) is 0 Å². The summed E-state index contributed by atoms with van der Waals surface area (Å²) >= 11 is 3.43. The number of nitrogens with one attached hydrogen (secondary N) is 1. The minimum atomic E-state index is -0.208. The first-order valence-corrected chi connectivity index (χ1v) is 7.18. The van der Waals surface area contributed by atoms with Crippen LogP contribution < -0.4 is 10.1 Å². The van der Waals surface area contributed by atoms with Crippen LogP contribution in [0.25, 0.3) is 0 Å². The Balaban J connectivity index is 2.28. The molecule has 0 aliphatic heterocycles. The summed E-state index contributed by atoms with van der Waals surface area (Å²) < 4.78 is 19.7. The first kappa shape index (κ1) is 15.0. The Labute approximate surface area is 127 Å². The maximum atomic E-state index is 13.3. The van der Waals surface area contributed by atoms with Crippen LogP contribution in [0.4, 0.5) is 4.39 Å². The highest BCUT2D eigenvalue weighted by Gasteiger charge is 2.15. The van der Waals surface area contributed by atoms with Gasteiger partial charge in [0.1, 0.15) is 11.6 Å². The lowest BCUT2D eigenvalue weighted by Gasteiger charge is -2.20. The lowest BCUT2D eigenvalue weighted by molar-refractivity contribution is 0.401. The number of benzene rings is 2. The van der Waals surface area contributed by atoms with Crippen molar-refractivity contribution in [2.24, 2.45) is 0 Å². The van der Waals surface area contributed by atoms with Crippen molar-refractivity contribution < 1.29 is 9.13 Å². The predicted molar refractivity (Wildman–Crippen MR) is 82.6 cm³/mol. The lowest BCUT2D eigenvalue weighted by atomic mass is 9.98. The minimum absolute atomic E-state index is 0.0693. The van der Waals surface area contributed by atoms with E-state index in [2.05, 4.69) is 21.2 Å². The van der Waals surface area contributed by atoms with Crippen LogP contribution in [0.3, 0.4) is 0 Å². The fraction of sp³-hybridized carbons (Fsp3) is 0.250. The molecule has 0 spiro atoms. The highest BCUT2D eigenvalue weighted by atomic mass is 79.9. The number of ether oxygens (including phenoxy) is 1. The number of hydrogen-bond donors (Lipinski definition) is 1. The van der Waals surface area contributed by atoms with Crippen molar-refractivity contribution in [3.63, 3.8) is 0 Å². The van der Waals surface area contributed by atoms with E-state index in [-0.39, 0.29) is 11.9 Å². The van der Waals surface area contributed by atoms with Crippen molar-refractivity contribution in [1.82, 2.24) is 5.32 Å². The molecule has 2 rings (SSSR count). The second kappa shape index (κ2) is 6.86. The first-order chi connectivity index (χ1) is 9.63. The first-order valence-electron chi connectivity index (χ1n) is 6.39. The van der Waals surface area contributed by atoms with E-state index in [9.17, 15) is 4.39 Å². The van der Waals surface area contributed by atoms with Gasteiger partial charge in [0.2, 0.25) is 0 Å². The van der Waals surface area contributed by atoms with Gasteiger partial charge in [-0.1, -0.05) is 34.1 Å². The average Bonchev–Trinajstić information content (AvgIpc) is 2.45. The van der Waals surface area contributed by atoms with Gasteiger partial charge in [-0.15, -0.1) is 0 Å². The largest absolute Gasteiger partial charge is 0.496 e. The number of rotatable bonds is 5. The van der Waals surface area contributed by atoms with E-state index in [1.54, 1.807) is 19.2 Å². The Kier molecular flexibility index (Phi) is 5.15. The summed E-state index contributed by atoms with van der Waals surface area (Å²) in [4.78, 5) is 0. The van der Waals surface area contributed by atoms with E-state index in [1.165, 1.54) is 6.07 Å². The van der Waals surface area contributed by atoms with Crippen molar-refractivity contribution in [3.8, 4) is 5.75 Å². The van der Waals surface area contributed by atoms with Gasteiger partial charge >= 0.3 is 0 Å². The van der Waals surface area contributed by atoms with Crippen molar-refractivity contribution in [2.45, 2.75) is 12.5 Å². The van der Waals surface area contributed by atoms with Crippen LogP contribution in [0, 0.1) is 5.82 Å². The number of halogens is 2. The van der Waals surface area contributed by atoms with Crippen molar-refractivity contribution in [2.75, 3.05) is 14.2 Å². The normalized spacial score (nSPS) is 12.2. The summed E-state index contributed by atoms with van der Waals surface area (Å²) in [6, 6.07) is 12.7. The van der Waals surface area contributed by atoms with E-state index in [1.807, 2.05) is 31.3 Å². The summed E-state index contributed by atoms with van der Waals surface area (Å²) in [6.07, 6.45) is 0.701. The summed E-state index contributed by atoms with van der Waals surface area (Å²) in [5.74, 6) is 0.607. The third-order valence-corrected chi connectivity index (χ3v) is 3.74. The van der Waals surface area contributed by atoms with Crippen LogP contribution in [0.15, 0.2) is 46.9 Å². The van der Waals surface area contributed by atoms with Crippen LogP contribution in [0.2, 0.25) is 0 Å². The molecule has 0 aliphatic rings. The molecule has 2 aromatic carbocycles. The molecule has 0 saturated carbocycles. The molecule has 0 fully saturated rings. The van der Waals surface area contributed by atoms with Gasteiger partial charge in [-0.05, 0) is 43.3 Å². The number of methoxy groups -OCH3 is 1. The predicted octanol–water partition coefficient (Wildman–Crippen LogP) is 4.10. The van der Waals surface area contributed by atoms with E-state index in [0.29, 0.717) is 6.42 Å². The molecule has 1 N–H and O–H groups in total. The Morgan fingerprint density at radius 2 is 2.05 bits per heavy atom. The topological polar surface area (TPSA) is 21.3 Å². The van der Waals surface area contributed by atoms with Gasteiger partial charge < -0.3 is 10.1 Å². The summed E-state index contributed by atoms with van der Waals surface area (Å²) in [6.45, 7) is 0. The molecule has 106 valence electrons. The molecule has 4 heteroatoms. The van der Waals surface area contributed by atoms with E-state index in [4.69, 9.17) is 4.74 Å². The summed E-state index contributed by atoms with van der Waals surface area (Å²) in [7, 11) is 3.55. The van der Waals surface area contributed by atoms with Crippen LogP contribution in [0.5, 0.6) is 5.75 Å². The summed E-state index contributed by atoms with van der Waals surface area (Å²) in [5.41, 5.74) is 2.01. The SMILES string of the molecule is CNC(Cc1cccc(F)c1)c1ccc(Br)cc1OC. The standard InChI is InChI=1S/C16H17BrFNO/c1-19-15(9-11-4-3-5-13(18)8-11)14-7-6-12(17)10-16(14)20-2/h3-8,10,15,19H,9H2,1-2H3. The molecular weight excluding hydrogens is 321 g/mol. The Morgan fingerprint density at radius 3 is 2.70 bits per heavy atom. The smallest absolute Gasteiger partial charge is 0.124 e. The molecule has 2 aromatic rings. The Morgan fingerprint density at radius 1 is 1.25 bits per heavy atom. The minimum Gasteiger partial charge on any atom is -0.496 e. The van der Waals surface area contributed by atoms with Crippen LogP contribution in [-0.2, 0) is 6.42 Å². The molecule has 0 amide bonds. The highest BCUT2D eigenvalue weighted by molar-refractivity contribution is 9.10. The molecule has 20 heavy (non-hydrogen) atoms. The van der Waals surface area contributed by atoms with E-state index < -0.39 is 0 Å². The van der Waals surface area contributed by atoms with E-state index >= 15 is 0 Å². The molecule has 1 unspecified atom stereocenters. The monoisotopic (exact) mass is 337 g/mol. The Hall–Kier alpha value is -1.39. The molecule has 0 saturated heterocycles. The lowest BCUT2D eigenvalue weighted by Crippen LogP contribution is -2.19. The number of hydrogen-bond acceptors (Lipinski definition) is 2. The van der Waals surface area contributed by atoms with Crippen molar-refractivity contribution >= 4 is 15.9 Å². The maximum absolute atomic E-state index is 13.3. The third-order valence-electron chi connectivity index (χ3n) is 3.25. The van der Waals surface area contributed by atoms with Crippen molar-refractivity contribution in [1.29, 1.82) is 0 Å². The zero-order valence-electron chi connectivity index (χ0n) is 11.5. The fourth-order valence-electron chi connectivity index (χ4n) is 2.24. The molecule has 0 bridgehead atoms. The zero-order chi connectivity index (χ0) is 14.5. The average molecular weight is 338 g/mol. The quantitative estimate of drug-likeness (QED) is 0.886. The molecular formula is C16H17BrFNO. The molecule has 0 radical (unpaired) electrons. The van der Waals surface area contributed by atoms with Gasteiger partial charge in [0.15, 0.2) is 0 Å². The molecule has 0 heterocycles. The van der Waals surface area contributed by atoms with Crippen molar-refractivity contribution in [3.05, 3.63) is 63.9 Å². The highest BCUT2D eigenvalue weighted by Crippen LogP contribution is 2.30. The molecule has 2 nitrogen and oxygen atoms in total.